The van der Waals surface area contributed by atoms with Crippen molar-refractivity contribution in [2.45, 2.75) is 39.0 Å². The van der Waals surface area contributed by atoms with E-state index in [2.05, 4.69) is 172 Å². The Hall–Kier alpha value is -5.93. The summed E-state index contributed by atoms with van der Waals surface area (Å²) in [7, 11) is 0. The average Bonchev–Trinajstić information content (AvgIpc) is 3.50. The van der Waals surface area contributed by atoms with Gasteiger partial charge in [-0.15, -0.1) is 0 Å². The van der Waals surface area contributed by atoms with E-state index in [1.807, 2.05) is 18.2 Å². The lowest BCUT2D eigenvalue weighted by molar-refractivity contribution is 0.326. The second-order valence-corrected chi connectivity index (χ2v) is 13.9. The highest BCUT2D eigenvalue weighted by Crippen LogP contribution is 2.61. The minimum Gasteiger partial charge on any atom is -0.208 e. The van der Waals surface area contributed by atoms with Gasteiger partial charge in [0.25, 0.3) is 0 Å². The first-order chi connectivity index (χ1) is 25.0. The minimum atomic E-state index is -0.467. The van der Waals surface area contributed by atoms with Gasteiger partial charge in [0.1, 0.15) is 0 Å². The van der Waals surface area contributed by atoms with Crippen LogP contribution in [0, 0.1) is 5.41 Å². The zero-order valence-corrected chi connectivity index (χ0v) is 29.4. The van der Waals surface area contributed by atoms with E-state index in [1.165, 1.54) is 39.0 Å². The molecule has 1 aromatic heterocycles. The molecule has 0 spiro atoms. The molecule has 1 heterocycles. The van der Waals surface area contributed by atoms with E-state index in [1.54, 1.807) is 0 Å². The molecule has 51 heavy (non-hydrogen) atoms. The van der Waals surface area contributed by atoms with Crippen LogP contribution in [-0.4, -0.2) is 15.0 Å². The Morgan fingerprint density at radius 1 is 0.588 bits per heavy atom. The predicted octanol–water partition coefficient (Wildman–Crippen LogP) is 12.1. The molecule has 0 amide bonds. The Labute approximate surface area is 301 Å². The molecule has 248 valence electrons. The first-order valence-corrected chi connectivity index (χ1v) is 17.9. The number of rotatable bonds is 8. The second-order valence-electron chi connectivity index (χ2n) is 13.9. The van der Waals surface area contributed by atoms with Crippen molar-refractivity contribution >= 4 is 5.57 Å². The molecule has 0 saturated carbocycles. The fraction of sp³-hybridized carbons (Fsp3) is 0.146. The van der Waals surface area contributed by atoms with Crippen molar-refractivity contribution in [2.24, 2.45) is 5.41 Å². The van der Waals surface area contributed by atoms with Crippen LogP contribution in [-0.2, 0) is 5.41 Å². The van der Waals surface area contributed by atoms with Gasteiger partial charge in [-0.2, -0.15) is 0 Å². The van der Waals surface area contributed by atoms with Crippen molar-refractivity contribution in [3.8, 4) is 45.3 Å². The topological polar surface area (TPSA) is 38.7 Å². The summed E-state index contributed by atoms with van der Waals surface area (Å²) >= 11 is 0. The molecule has 0 N–H and O–H groups in total. The van der Waals surface area contributed by atoms with Crippen LogP contribution in [0.15, 0.2) is 170 Å². The third-order valence-electron chi connectivity index (χ3n) is 10.5. The minimum absolute atomic E-state index is 0.307. The summed E-state index contributed by atoms with van der Waals surface area (Å²) in [6.07, 6.45) is 17.5. The van der Waals surface area contributed by atoms with Crippen molar-refractivity contribution in [2.75, 3.05) is 0 Å². The quantitative estimate of drug-likeness (QED) is 0.153. The van der Waals surface area contributed by atoms with Gasteiger partial charge in [-0.05, 0) is 64.8 Å². The Morgan fingerprint density at radius 3 is 1.86 bits per heavy atom. The summed E-state index contributed by atoms with van der Waals surface area (Å²) in [6, 6.07) is 45.5. The summed E-state index contributed by atoms with van der Waals surface area (Å²) in [5.74, 6) is 1.98. The summed E-state index contributed by atoms with van der Waals surface area (Å²) in [5.41, 5.74) is 11.0. The van der Waals surface area contributed by atoms with Crippen LogP contribution >= 0.6 is 0 Å². The molecule has 0 radical (unpaired) electrons. The van der Waals surface area contributed by atoms with Gasteiger partial charge in [0.15, 0.2) is 17.5 Å². The SMILES string of the molecule is C/C=C\C=C/C(C)(C)C1(c2ccccc2)c2ccccc2-c2ccc(-c3nc(-c4ccccc4)nc(-c4ccc(C5=CC=CCC5)cc4)n3)cc21. The van der Waals surface area contributed by atoms with Crippen LogP contribution in [0.2, 0.25) is 0 Å². The van der Waals surface area contributed by atoms with E-state index < -0.39 is 5.41 Å². The van der Waals surface area contributed by atoms with E-state index in [4.69, 9.17) is 15.0 Å². The summed E-state index contributed by atoms with van der Waals surface area (Å²) < 4.78 is 0. The fourth-order valence-electron chi connectivity index (χ4n) is 8.04. The van der Waals surface area contributed by atoms with Crippen molar-refractivity contribution in [3.63, 3.8) is 0 Å². The summed E-state index contributed by atoms with van der Waals surface area (Å²) in [6.45, 7) is 6.77. The molecule has 0 saturated heterocycles. The van der Waals surface area contributed by atoms with Gasteiger partial charge in [0.05, 0.1) is 5.41 Å². The number of allylic oxidation sites excluding steroid dienone is 8. The highest BCUT2D eigenvalue weighted by atomic mass is 15.0. The fourth-order valence-corrected chi connectivity index (χ4v) is 8.04. The van der Waals surface area contributed by atoms with Gasteiger partial charge in [-0.1, -0.05) is 178 Å². The maximum absolute atomic E-state index is 5.19. The molecular weight excluding hydrogens is 619 g/mol. The third kappa shape index (κ3) is 5.69. The number of hydrogen-bond acceptors (Lipinski definition) is 3. The Balaban J connectivity index is 1.33. The molecule has 8 rings (SSSR count). The van der Waals surface area contributed by atoms with Gasteiger partial charge in [0, 0.05) is 22.1 Å². The van der Waals surface area contributed by atoms with Crippen molar-refractivity contribution in [1.29, 1.82) is 0 Å². The van der Waals surface area contributed by atoms with Gasteiger partial charge >= 0.3 is 0 Å². The van der Waals surface area contributed by atoms with Crippen LogP contribution in [0.3, 0.4) is 0 Å². The molecule has 6 aromatic rings. The zero-order valence-electron chi connectivity index (χ0n) is 29.4. The molecule has 1 unspecified atom stereocenters. The molecule has 0 bridgehead atoms. The lowest BCUT2D eigenvalue weighted by Crippen LogP contribution is -2.41. The van der Waals surface area contributed by atoms with Crippen molar-refractivity contribution < 1.29 is 0 Å². The Kier molecular flexibility index (Phi) is 8.49. The zero-order chi connectivity index (χ0) is 34.8. The molecule has 5 aromatic carbocycles. The first-order valence-electron chi connectivity index (χ1n) is 17.9. The Morgan fingerprint density at radius 2 is 1.18 bits per heavy atom. The van der Waals surface area contributed by atoms with E-state index in [0.29, 0.717) is 17.5 Å². The van der Waals surface area contributed by atoms with Crippen LogP contribution in [0.4, 0.5) is 0 Å². The number of hydrogen-bond donors (Lipinski definition) is 0. The van der Waals surface area contributed by atoms with E-state index >= 15 is 0 Å². The number of benzene rings is 5. The first kappa shape index (κ1) is 32.3. The number of nitrogens with zero attached hydrogens (tertiary/aromatic N) is 3. The van der Waals surface area contributed by atoms with Crippen LogP contribution in [0.25, 0.3) is 50.9 Å². The average molecular weight is 660 g/mol. The largest absolute Gasteiger partial charge is 0.208 e. The smallest absolute Gasteiger partial charge is 0.164 e. The summed E-state index contributed by atoms with van der Waals surface area (Å²) in [4.78, 5) is 15.4. The molecule has 2 aliphatic carbocycles. The monoisotopic (exact) mass is 659 g/mol. The molecule has 2 aliphatic rings. The molecule has 0 fully saturated rings. The van der Waals surface area contributed by atoms with E-state index in [-0.39, 0.29) is 5.41 Å². The Bertz CT molecular complexity index is 2330. The van der Waals surface area contributed by atoms with E-state index in [0.717, 1.165) is 29.5 Å². The highest BCUT2D eigenvalue weighted by Gasteiger charge is 2.53. The van der Waals surface area contributed by atoms with Crippen LogP contribution in [0.1, 0.15) is 55.9 Å². The third-order valence-corrected chi connectivity index (χ3v) is 10.5. The van der Waals surface area contributed by atoms with Gasteiger partial charge in [-0.25, -0.2) is 15.0 Å². The van der Waals surface area contributed by atoms with Crippen LogP contribution in [0.5, 0.6) is 0 Å². The molecule has 0 aliphatic heterocycles. The molecular formula is C48H41N3. The van der Waals surface area contributed by atoms with Gasteiger partial charge in [-0.3, -0.25) is 0 Å². The molecule has 3 nitrogen and oxygen atoms in total. The van der Waals surface area contributed by atoms with Crippen molar-refractivity contribution in [3.05, 3.63) is 192 Å². The van der Waals surface area contributed by atoms with Gasteiger partial charge < -0.3 is 0 Å². The predicted molar refractivity (Wildman–Crippen MR) is 212 cm³/mol. The standard InChI is InChI=1S/C48H41N3/c1-4-5-17-32-47(2,3)48(39-22-13-8-14-23-39)42-25-16-15-24-40(42)41-31-30-38(33-43(41)48)46-50-44(36-20-11-7-12-21-36)49-45(51-46)37-28-26-35(27-29-37)34-18-9-6-10-19-34/h4-9,11-18,20-33H,10,19H2,1-3H3/b5-4-,32-17-. The maximum atomic E-state index is 5.19. The van der Waals surface area contributed by atoms with Crippen LogP contribution < -0.4 is 0 Å². The van der Waals surface area contributed by atoms with Gasteiger partial charge in [0.2, 0.25) is 0 Å². The number of aromatic nitrogens is 3. The lowest BCUT2D eigenvalue weighted by atomic mass is 9.56. The van der Waals surface area contributed by atoms with E-state index in [9.17, 15) is 0 Å². The lowest BCUT2D eigenvalue weighted by Gasteiger charge is -2.45. The maximum Gasteiger partial charge on any atom is 0.164 e. The highest BCUT2D eigenvalue weighted by molar-refractivity contribution is 5.86. The molecule has 3 heteroatoms. The molecule has 1 atom stereocenters. The second kappa shape index (κ2) is 13.4. The van der Waals surface area contributed by atoms with Crippen molar-refractivity contribution in [1.82, 2.24) is 15.0 Å². The number of fused-ring (bicyclic) bond motifs is 3. The normalized spacial score (nSPS) is 16.7. The summed E-state index contributed by atoms with van der Waals surface area (Å²) in [5, 5.41) is 0.